The molecule has 0 aliphatic carbocycles. The number of thioether (sulfide) groups is 1. The minimum absolute atomic E-state index is 0.507. The van der Waals surface area contributed by atoms with Crippen molar-refractivity contribution in [2.75, 3.05) is 23.9 Å². The molecule has 82 valence electrons. The highest BCUT2D eigenvalue weighted by atomic mass is 35.5. The third kappa shape index (κ3) is 3.10. The lowest BCUT2D eigenvalue weighted by molar-refractivity contribution is 0.223. The molecule has 2 rings (SSSR count). The number of halogens is 1. The maximum atomic E-state index is 5.97. The topological polar surface area (TPSA) is 16.1 Å². The van der Waals surface area contributed by atoms with E-state index in [4.69, 9.17) is 11.6 Å². The van der Waals surface area contributed by atoms with Crippen molar-refractivity contribution < 1.29 is 0 Å². The smallest absolute Gasteiger partial charge is 0.0544 e. The van der Waals surface area contributed by atoms with E-state index in [9.17, 15) is 0 Å². The fourth-order valence-corrected chi connectivity index (χ4v) is 3.30. The zero-order chi connectivity index (χ0) is 10.5. The van der Waals surface area contributed by atoms with Crippen LogP contribution < -0.4 is 0 Å². The summed E-state index contributed by atoms with van der Waals surface area (Å²) < 4.78 is 0. The molecule has 2 nitrogen and oxygen atoms in total. The Morgan fingerprint density at radius 3 is 3.20 bits per heavy atom. The molecular formula is C11H15ClN2S. The van der Waals surface area contributed by atoms with Crippen LogP contribution in [0, 0.1) is 0 Å². The second-order valence-corrected chi connectivity index (χ2v) is 5.13. The Morgan fingerprint density at radius 1 is 1.53 bits per heavy atom. The molecule has 1 aliphatic rings. The van der Waals surface area contributed by atoms with Crippen LogP contribution in [0.15, 0.2) is 24.4 Å². The van der Waals surface area contributed by atoms with Crippen molar-refractivity contribution in [3.8, 4) is 0 Å². The van der Waals surface area contributed by atoms with Gasteiger partial charge in [-0.05, 0) is 12.1 Å². The first-order valence-electron chi connectivity index (χ1n) is 5.18. The first-order chi connectivity index (χ1) is 7.40. The van der Waals surface area contributed by atoms with Crippen molar-refractivity contribution in [2.24, 2.45) is 0 Å². The highest BCUT2D eigenvalue weighted by Gasteiger charge is 2.21. The molecule has 0 saturated carbocycles. The molecule has 0 aromatic carbocycles. The van der Waals surface area contributed by atoms with Crippen LogP contribution in [0.4, 0.5) is 0 Å². The molecule has 1 atom stereocenters. The predicted octanol–water partition coefficient (Wildman–Crippen LogP) is 2.24. The zero-order valence-electron chi connectivity index (χ0n) is 8.60. The van der Waals surface area contributed by atoms with Gasteiger partial charge in [-0.3, -0.25) is 9.88 Å². The molecule has 1 fully saturated rings. The summed E-state index contributed by atoms with van der Waals surface area (Å²) in [7, 11) is 0. The monoisotopic (exact) mass is 242 g/mol. The first-order valence-corrected chi connectivity index (χ1v) is 6.87. The normalized spacial score (nSPS) is 22.9. The lowest BCUT2D eigenvalue weighted by Gasteiger charge is -2.33. The third-order valence-electron chi connectivity index (χ3n) is 2.62. The van der Waals surface area contributed by atoms with Crippen LogP contribution in [0.2, 0.25) is 0 Å². The van der Waals surface area contributed by atoms with Crippen molar-refractivity contribution in [3.63, 3.8) is 0 Å². The Bertz CT molecular complexity index is 294. The highest BCUT2D eigenvalue weighted by Crippen LogP contribution is 2.19. The van der Waals surface area contributed by atoms with Crippen LogP contribution in [0.5, 0.6) is 0 Å². The summed E-state index contributed by atoms with van der Waals surface area (Å²) in [6.45, 7) is 2.05. The average Bonchev–Trinajstić information content (AvgIpc) is 2.31. The lowest BCUT2D eigenvalue weighted by atomic mass is 10.2. The Kier molecular flexibility index (Phi) is 4.29. The van der Waals surface area contributed by atoms with Gasteiger partial charge >= 0.3 is 0 Å². The van der Waals surface area contributed by atoms with Gasteiger partial charge in [-0.25, -0.2) is 0 Å². The number of nitrogens with zero attached hydrogens (tertiary/aromatic N) is 2. The van der Waals surface area contributed by atoms with Crippen LogP contribution in [-0.4, -0.2) is 39.9 Å². The van der Waals surface area contributed by atoms with E-state index in [0.717, 1.165) is 30.4 Å². The summed E-state index contributed by atoms with van der Waals surface area (Å²) in [5.74, 6) is 3.08. The SMILES string of the molecule is ClCC1CSCCN1Cc1ccccn1. The number of aromatic nitrogens is 1. The maximum absolute atomic E-state index is 5.97. The van der Waals surface area contributed by atoms with Crippen LogP contribution >= 0.6 is 23.4 Å². The predicted molar refractivity (Wildman–Crippen MR) is 66.5 cm³/mol. The number of hydrogen-bond donors (Lipinski definition) is 0. The second kappa shape index (κ2) is 5.73. The van der Waals surface area contributed by atoms with Crippen LogP contribution in [-0.2, 0) is 6.54 Å². The van der Waals surface area contributed by atoms with E-state index >= 15 is 0 Å². The standard InChI is InChI=1S/C11H15ClN2S/c12-7-11-9-15-6-5-14(11)8-10-3-1-2-4-13-10/h1-4,11H,5-9H2. The van der Waals surface area contributed by atoms with E-state index in [1.165, 1.54) is 5.75 Å². The van der Waals surface area contributed by atoms with E-state index in [2.05, 4.69) is 16.0 Å². The van der Waals surface area contributed by atoms with E-state index in [1.54, 1.807) is 0 Å². The number of rotatable bonds is 3. The lowest BCUT2D eigenvalue weighted by Crippen LogP contribution is -2.43. The summed E-state index contributed by atoms with van der Waals surface area (Å²) in [5, 5.41) is 0. The van der Waals surface area contributed by atoms with Gasteiger partial charge in [0.25, 0.3) is 0 Å². The molecule has 1 unspecified atom stereocenters. The molecule has 4 heteroatoms. The average molecular weight is 243 g/mol. The van der Waals surface area contributed by atoms with Crippen molar-refractivity contribution in [1.82, 2.24) is 9.88 Å². The number of pyridine rings is 1. The molecule has 0 spiro atoms. The summed E-state index contributed by atoms with van der Waals surface area (Å²) >= 11 is 7.96. The molecule has 15 heavy (non-hydrogen) atoms. The van der Waals surface area contributed by atoms with Gasteiger partial charge < -0.3 is 0 Å². The van der Waals surface area contributed by atoms with Gasteiger partial charge in [0, 0.05) is 42.7 Å². The van der Waals surface area contributed by atoms with Gasteiger partial charge in [-0.15, -0.1) is 11.6 Å². The van der Waals surface area contributed by atoms with Gasteiger partial charge in [0.1, 0.15) is 0 Å². The quantitative estimate of drug-likeness (QED) is 0.757. The van der Waals surface area contributed by atoms with Gasteiger partial charge in [0.05, 0.1) is 5.69 Å². The van der Waals surface area contributed by atoms with Crippen LogP contribution in [0.3, 0.4) is 0 Å². The van der Waals surface area contributed by atoms with E-state index in [0.29, 0.717) is 6.04 Å². The molecule has 0 N–H and O–H groups in total. The molecule has 0 bridgehead atoms. The molecule has 1 aliphatic heterocycles. The van der Waals surface area contributed by atoms with Crippen molar-refractivity contribution >= 4 is 23.4 Å². The van der Waals surface area contributed by atoms with Crippen molar-refractivity contribution in [1.29, 1.82) is 0 Å². The van der Waals surface area contributed by atoms with Gasteiger partial charge in [-0.2, -0.15) is 11.8 Å². The summed E-state index contributed by atoms with van der Waals surface area (Å²) in [4.78, 5) is 6.79. The molecule has 0 radical (unpaired) electrons. The van der Waals surface area contributed by atoms with Crippen LogP contribution in [0.1, 0.15) is 5.69 Å². The third-order valence-corrected chi connectivity index (χ3v) is 4.07. The number of alkyl halides is 1. The van der Waals surface area contributed by atoms with Crippen molar-refractivity contribution in [3.05, 3.63) is 30.1 Å². The fraction of sp³-hybridized carbons (Fsp3) is 0.545. The molecule has 1 aromatic heterocycles. The number of hydrogen-bond acceptors (Lipinski definition) is 3. The van der Waals surface area contributed by atoms with E-state index in [-0.39, 0.29) is 0 Å². The van der Waals surface area contributed by atoms with Gasteiger partial charge in [0.2, 0.25) is 0 Å². The summed E-state index contributed by atoms with van der Waals surface area (Å²) in [6.07, 6.45) is 1.85. The maximum Gasteiger partial charge on any atom is 0.0544 e. The fourth-order valence-electron chi connectivity index (χ4n) is 1.74. The highest BCUT2D eigenvalue weighted by molar-refractivity contribution is 7.99. The second-order valence-electron chi connectivity index (χ2n) is 3.67. The summed E-state index contributed by atoms with van der Waals surface area (Å²) in [5.41, 5.74) is 1.14. The zero-order valence-corrected chi connectivity index (χ0v) is 10.2. The molecule has 2 heterocycles. The first kappa shape index (κ1) is 11.2. The Morgan fingerprint density at radius 2 is 2.47 bits per heavy atom. The largest absolute Gasteiger partial charge is 0.292 e. The Balaban J connectivity index is 1.97. The van der Waals surface area contributed by atoms with Gasteiger partial charge in [0.15, 0.2) is 0 Å². The molecule has 1 aromatic rings. The molecular weight excluding hydrogens is 228 g/mol. The van der Waals surface area contributed by atoms with E-state index < -0.39 is 0 Å². The minimum atomic E-state index is 0.507. The summed E-state index contributed by atoms with van der Waals surface area (Å²) in [6, 6.07) is 6.57. The molecule has 1 saturated heterocycles. The van der Waals surface area contributed by atoms with Gasteiger partial charge in [-0.1, -0.05) is 6.07 Å². The Labute approximate surface area is 100 Å². The molecule has 0 amide bonds. The minimum Gasteiger partial charge on any atom is -0.292 e. The van der Waals surface area contributed by atoms with E-state index in [1.807, 2.05) is 30.1 Å². The van der Waals surface area contributed by atoms with Crippen molar-refractivity contribution in [2.45, 2.75) is 12.6 Å². The Hall–Kier alpha value is -0.250. The van der Waals surface area contributed by atoms with Crippen LogP contribution in [0.25, 0.3) is 0 Å².